The van der Waals surface area contributed by atoms with Gasteiger partial charge < -0.3 is 45.1 Å². The minimum absolute atomic E-state index is 0.129. The molecule has 1 heterocycles. The van der Waals surface area contributed by atoms with Gasteiger partial charge in [-0.3, -0.25) is 9.59 Å². The molecule has 0 aromatic heterocycles. The summed E-state index contributed by atoms with van der Waals surface area (Å²) in [5, 5.41) is 57.1. The molecule has 1 aliphatic heterocycles. The summed E-state index contributed by atoms with van der Waals surface area (Å²) in [5.74, 6) is -1.18. The maximum Gasteiger partial charge on any atom is 0.306 e. The predicted molar refractivity (Wildman–Crippen MR) is 329 cm³/mol. The lowest BCUT2D eigenvalue weighted by Gasteiger charge is -2.41. The number of amides is 1. The zero-order chi connectivity index (χ0) is 57.5. The number of unbranched alkanes of at least 4 members (excludes halogenated alkanes) is 40. The summed E-state index contributed by atoms with van der Waals surface area (Å²) in [6.45, 7) is 5.79. The van der Waals surface area contributed by atoms with Gasteiger partial charge in [-0.05, 0) is 57.8 Å². The minimum Gasteiger partial charge on any atom is -0.454 e. The molecule has 0 bridgehead atoms. The van der Waals surface area contributed by atoms with Crippen molar-refractivity contribution in [1.29, 1.82) is 0 Å². The number of aliphatic hydroxyl groups excluding tert-OH is 5. The molecule has 0 radical (unpaired) electrons. The molecule has 11 heteroatoms. The lowest BCUT2D eigenvalue weighted by molar-refractivity contribution is -0.305. The first-order chi connectivity index (χ1) is 38.7. The molecular formula is C68H127NO10. The number of aliphatic hydroxyl groups is 5. The monoisotopic (exact) mass is 1120 g/mol. The minimum atomic E-state index is -1.61. The third-order valence-electron chi connectivity index (χ3n) is 16.0. The van der Waals surface area contributed by atoms with Gasteiger partial charge in [-0.25, -0.2) is 0 Å². The van der Waals surface area contributed by atoms with E-state index in [1.54, 1.807) is 6.08 Å². The molecule has 1 aliphatic rings. The van der Waals surface area contributed by atoms with Crippen LogP contribution in [0.5, 0.6) is 0 Å². The Morgan fingerprint density at radius 2 is 0.873 bits per heavy atom. The quantitative estimate of drug-likeness (QED) is 0.0195. The summed E-state index contributed by atoms with van der Waals surface area (Å²) in [6, 6.07) is -1.02. The summed E-state index contributed by atoms with van der Waals surface area (Å²) >= 11 is 0. The number of esters is 1. The number of hydrogen-bond donors (Lipinski definition) is 6. The molecule has 1 fully saturated rings. The van der Waals surface area contributed by atoms with Gasteiger partial charge in [0.25, 0.3) is 0 Å². The fourth-order valence-electron chi connectivity index (χ4n) is 10.7. The van der Waals surface area contributed by atoms with Crippen LogP contribution in [0.25, 0.3) is 0 Å². The van der Waals surface area contributed by atoms with Crippen LogP contribution in [0.1, 0.15) is 323 Å². The van der Waals surface area contributed by atoms with E-state index in [4.69, 9.17) is 14.2 Å². The van der Waals surface area contributed by atoms with E-state index in [1.165, 1.54) is 212 Å². The molecule has 1 rings (SSSR count). The van der Waals surface area contributed by atoms with Gasteiger partial charge in [-0.1, -0.05) is 295 Å². The lowest BCUT2D eigenvalue weighted by atomic mass is 9.99. The van der Waals surface area contributed by atoms with Crippen molar-refractivity contribution in [3.05, 3.63) is 36.5 Å². The third kappa shape index (κ3) is 44.1. The van der Waals surface area contributed by atoms with Crippen molar-refractivity contribution in [1.82, 2.24) is 5.32 Å². The summed E-state index contributed by atoms with van der Waals surface area (Å²) in [5.41, 5.74) is 0. The number of hydrogen-bond acceptors (Lipinski definition) is 10. The highest BCUT2D eigenvalue weighted by Gasteiger charge is 2.47. The van der Waals surface area contributed by atoms with Crippen LogP contribution in [0.4, 0.5) is 0 Å². The fourth-order valence-corrected chi connectivity index (χ4v) is 10.7. The fraction of sp³-hybridized carbons (Fsp3) is 0.882. The van der Waals surface area contributed by atoms with Crippen LogP contribution < -0.4 is 5.32 Å². The highest BCUT2D eigenvalue weighted by molar-refractivity contribution is 5.80. The second-order valence-corrected chi connectivity index (χ2v) is 23.6. The van der Waals surface area contributed by atoms with Crippen molar-refractivity contribution in [3.8, 4) is 0 Å². The van der Waals surface area contributed by atoms with E-state index in [0.717, 1.165) is 64.2 Å². The first kappa shape index (κ1) is 74.9. The van der Waals surface area contributed by atoms with E-state index in [-0.39, 0.29) is 13.0 Å². The Balaban J connectivity index is 2.57. The lowest BCUT2D eigenvalue weighted by Crippen LogP contribution is -2.61. The summed E-state index contributed by atoms with van der Waals surface area (Å²) in [4.78, 5) is 26.6. The number of carbonyl (C=O) groups is 2. The highest BCUT2D eigenvalue weighted by atomic mass is 16.7. The largest absolute Gasteiger partial charge is 0.454 e. The number of rotatable bonds is 58. The van der Waals surface area contributed by atoms with Crippen molar-refractivity contribution >= 4 is 11.9 Å². The van der Waals surface area contributed by atoms with Gasteiger partial charge in [0.2, 0.25) is 5.91 Å². The molecule has 0 aliphatic carbocycles. The summed E-state index contributed by atoms with van der Waals surface area (Å²) in [7, 11) is 0. The Kier molecular flexibility index (Phi) is 53.4. The molecular weight excluding hydrogens is 991 g/mol. The van der Waals surface area contributed by atoms with E-state index in [9.17, 15) is 35.1 Å². The number of ether oxygens (including phenoxy) is 3. The number of carbonyl (C=O) groups excluding carboxylic acids is 2. The van der Waals surface area contributed by atoms with Crippen LogP contribution in [0.3, 0.4) is 0 Å². The van der Waals surface area contributed by atoms with Gasteiger partial charge in [-0.2, -0.15) is 0 Å². The van der Waals surface area contributed by atoms with Gasteiger partial charge in [-0.15, -0.1) is 0 Å². The Morgan fingerprint density at radius 3 is 1.32 bits per heavy atom. The first-order valence-corrected chi connectivity index (χ1v) is 33.8. The van der Waals surface area contributed by atoms with Crippen molar-refractivity contribution in [2.24, 2.45) is 0 Å². The van der Waals surface area contributed by atoms with E-state index >= 15 is 0 Å². The van der Waals surface area contributed by atoms with Crippen molar-refractivity contribution < 1.29 is 49.3 Å². The van der Waals surface area contributed by atoms with Crippen LogP contribution in [0.15, 0.2) is 36.5 Å². The average Bonchev–Trinajstić information content (AvgIpc) is 3.44. The van der Waals surface area contributed by atoms with Crippen LogP contribution in [-0.4, -0.2) is 99.6 Å². The molecule has 8 atom stereocenters. The van der Waals surface area contributed by atoms with Gasteiger partial charge in [0, 0.05) is 6.42 Å². The van der Waals surface area contributed by atoms with Gasteiger partial charge in [0.05, 0.1) is 25.4 Å². The summed E-state index contributed by atoms with van der Waals surface area (Å²) in [6.07, 6.45) is 57.6. The maximum absolute atomic E-state index is 13.5. The second-order valence-electron chi connectivity index (χ2n) is 23.6. The Hall–Kier alpha value is -2.12. The smallest absolute Gasteiger partial charge is 0.306 e. The molecule has 0 aromatic carbocycles. The normalized spacial score (nSPS) is 19.0. The standard InChI is InChI=1S/C68H127NO10/c1-4-7-10-13-16-19-22-24-26-27-28-29-30-31-32-33-34-36-37-40-43-46-49-52-55-61(72)67(76)69-59(60(71)54-51-48-45-42-39-21-18-15-12-9-6-3)58-77-68-66(65(75)64(74)62(57-70)78-68)79-63(73)56-53-50-47-44-41-38-35-25-23-20-17-14-11-8-5-2/h16,19,24,26,51,54,59-62,64-66,68,70-72,74-75H,4-15,17-18,20-23,25,27-50,52-53,55-58H2,1-3H3,(H,69,76)/b19-16-,26-24-,54-51+. The maximum atomic E-state index is 13.5. The second kappa shape index (κ2) is 56.4. The molecule has 0 spiro atoms. The molecule has 1 amide bonds. The number of allylic oxidation sites excluding steroid dienone is 5. The van der Waals surface area contributed by atoms with Crippen molar-refractivity contribution in [2.75, 3.05) is 13.2 Å². The van der Waals surface area contributed by atoms with Gasteiger partial charge in [0.15, 0.2) is 12.4 Å². The Bertz CT molecular complexity index is 1420. The van der Waals surface area contributed by atoms with Gasteiger partial charge in [0.1, 0.15) is 24.4 Å². The molecule has 6 N–H and O–H groups in total. The molecule has 1 saturated heterocycles. The predicted octanol–water partition coefficient (Wildman–Crippen LogP) is 16.6. The molecule has 79 heavy (non-hydrogen) atoms. The molecule has 0 aromatic rings. The van der Waals surface area contributed by atoms with E-state index in [2.05, 4.69) is 50.4 Å². The van der Waals surface area contributed by atoms with Gasteiger partial charge >= 0.3 is 5.97 Å². The van der Waals surface area contributed by atoms with Crippen molar-refractivity contribution in [3.63, 3.8) is 0 Å². The third-order valence-corrected chi connectivity index (χ3v) is 16.0. The van der Waals surface area contributed by atoms with E-state index in [0.29, 0.717) is 19.3 Å². The zero-order valence-corrected chi connectivity index (χ0v) is 51.5. The SMILES string of the molecule is CCCCC/C=C\C/C=C\CCCCCCCCCCCCCCCCC(O)C(=O)NC(COC1OC(CO)C(O)C(O)C1OC(=O)CCCCCCCCCCCCCCCCC)C(O)/C=C/CCCCCCCCCCC. The average molecular weight is 1120 g/mol. The highest BCUT2D eigenvalue weighted by Crippen LogP contribution is 2.26. The Labute approximate surface area is 485 Å². The van der Waals surface area contributed by atoms with E-state index in [1.807, 2.05) is 6.08 Å². The van der Waals surface area contributed by atoms with Crippen LogP contribution in [0, 0.1) is 0 Å². The summed E-state index contributed by atoms with van der Waals surface area (Å²) < 4.78 is 17.6. The Morgan fingerprint density at radius 1 is 0.494 bits per heavy atom. The van der Waals surface area contributed by atoms with Crippen LogP contribution in [0.2, 0.25) is 0 Å². The van der Waals surface area contributed by atoms with E-state index < -0.39 is 67.4 Å². The zero-order valence-electron chi connectivity index (χ0n) is 51.5. The topological polar surface area (TPSA) is 175 Å². The molecule has 0 saturated carbocycles. The molecule has 8 unspecified atom stereocenters. The first-order valence-electron chi connectivity index (χ1n) is 33.8. The molecule has 11 nitrogen and oxygen atoms in total. The van der Waals surface area contributed by atoms with Crippen LogP contribution in [-0.2, 0) is 23.8 Å². The molecule has 464 valence electrons. The number of nitrogens with one attached hydrogen (secondary N) is 1. The van der Waals surface area contributed by atoms with Crippen LogP contribution >= 0.6 is 0 Å². The van der Waals surface area contributed by atoms with Crippen molar-refractivity contribution in [2.45, 2.75) is 372 Å².